The van der Waals surface area contributed by atoms with Crippen LogP contribution in [0, 0.1) is 5.92 Å². The lowest BCUT2D eigenvalue weighted by molar-refractivity contribution is 0.229. The van der Waals surface area contributed by atoms with Gasteiger partial charge in [0.1, 0.15) is 0 Å². The van der Waals surface area contributed by atoms with Gasteiger partial charge in [0.2, 0.25) is 0 Å². The van der Waals surface area contributed by atoms with Crippen LogP contribution in [-0.2, 0) is 0 Å². The van der Waals surface area contributed by atoms with Gasteiger partial charge in [0.25, 0.3) is 0 Å². The molecule has 2 heteroatoms. The maximum absolute atomic E-state index is 6.10. The van der Waals surface area contributed by atoms with Gasteiger partial charge < -0.3 is 11.1 Å². The molecule has 70 valence electrons. The summed E-state index contributed by atoms with van der Waals surface area (Å²) in [7, 11) is 0. The van der Waals surface area contributed by atoms with Gasteiger partial charge in [0.15, 0.2) is 0 Å². The molecular formula is C10H20N2. The van der Waals surface area contributed by atoms with Gasteiger partial charge in [-0.1, -0.05) is 6.92 Å². The van der Waals surface area contributed by atoms with Crippen LogP contribution in [0.4, 0.5) is 0 Å². The molecule has 0 spiro atoms. The summed E-state index contributed by atoms with van der Waals surface area (Å²) in [4.78, 5) is 0. The van der Waals surface area contributed by atoms with Gasteiger partial charge >= 0.3 is 0 Å². The molecule has 2 saturated carbocycles. The van der Waals surface area contributed by atoms with Crippen molar-refractivity contribution in [2.75, 3.05) is 6.54 Å². The van der Waals surface area contributed by atoms with Crippen LogP contribution in [0.3, 0.4) is 0 Å². The maximum Gasteiger partial charge on any atom is 0.0166 e. The Morgan fingerprint density at radius 2 is 2.17 bits per heavy atom. The quantitative estimate of drug-likeness (QED) is 0.663. The largest absolute Gasteiger partial charge is 0.325 e. The lowest BCUT2D eigenvalue weighted by atomic mass is 9.75. The van der Waals surface area contributed by atoms with E-state index in [1.54, 1.807) is 0 Å². The molecule has 0 aliphatic heterocycles. The van der Waals surface area contributed by atoms with Crippen LogP contribution in [0.25, 0.3) is 0 Å². The first-order chi connectivity index (χ1) is 5.70. The summed E-state index contributed by atoms with van der Waals surface area (Å²) < 4.78 is 0. The lowest BCUT2D eigenvalue weighted by Gasteiger charge is -2.38. The van der Waals surface area contributed by atoms with Crippen LogP contribution >= 0.6 is 0 Å². The van der Waals surface area contributed by atoms with Gasteiger partial charge in [-0.3, -0.25) is 0 Å². The Balaban J connectivity index is 1.56. The van der Waals surface area contributed by atoms with E-state index in [9.17, 15) is 0 Å². The monoisotopic (exact) mass is 168 g/mol. The van der Waals surface area contributed by atoms with E-state index in [0.717, 1.165) is 18.5 Å². The molecule has 12 heavy (non-hydrogen) atoms. The Bertz CT molecular complexity index is 163. The summed E-state index contributed by atoms with van der Waals surface area (Å²) in [5.74, 6) is 0.917. The molecular weight excluding hydrogens is 148 g/mol. The van der Waals surface area contributed by atoms with E-state index in [1.165, 1.54) is 32.1 Å². The second-order valence-electron chi connectivity index (χ2n) is 4.74. The van der Waals surface area contributed by atoms with Crippen LogP contribution in [-0.4, -0.2) is 18.1 Å². The first-order valence-electron chi connectivity index (χ1n) is 5.22. The minimum atomic E-state index is 0.213. The summed E-state index contributed by atoms with van der Waals surface area (Å²) in [6, 6.07) is 0.814. The summed E-state index contributed by atoms with van der Waals surface area (Å²) in [6.45, 7) is 3.44. The highest BCUT2D eigenvalue weighted by Gasteiger charge is 2.34. The fraction of sp³-hybridized carbons (Fsp3) is 1.00. The van der Waals surface area contributed by atoms with Crippen molar-refractivity contribution in [3.8, 4) is 0 Å². The zero-order valence-corrected chi connectivity index (χ0v) is 7.97. The third-order valence-electron chi connectivity index (χ3n) is 3.49. The molecule has 0 aromatic heterocycles. The average molecular weight is 168 g/mol. The molecule has 0 saturated heterocycles. The molecule has 0 heterocycles. The lowest BCUT2D eigenvalue weighted by Crippen LogP contribution is -2.48. The highest BCUT2D eigenvalue weighted by Crippen LogP contribution is 2.33. The average Bonchev–Trinajstić information content (AvgIpc) is 2.63. The van der Waals surface area contributed by atoms with Crippen molar-refractivity contribution >= 4 is 0 Å². The van der Waals surface area contributed by atoms with E-state index in [0.29, 0.717) is 0 Å². The zero-order valence-electron chi connectivity index (χ0n) is 7.97. The van der Waals surface area contributed by atoms with E-state index in [-0.39, 0.29) is 5.54 Å². The van der Waals surface area contributed by atoms with Crippen molar-refractivity contribution in [3.63, 3.8) is 0 Å². The number of nitrogens with one attached hydrogen (secondary N) is 1. The van der Waals surface area contributed by atoms with E-state index in [2.05, 4.69) is 12.2 Å². The molecule has 2 aliphatic carbocycles. The zero-order chi connectivity index (χ0) is 8.60. The van der Waals surface area contributed by atoms with Crippen molar-refractivity contribution < 1.29 is 0 Å². The van der Waals surface area contributed by atoms with E-state index < -0.39 is 0 Å². The maximum atomic E-state index is 6.10. The third kappa shape index (κ3) is 1.80. The first kappa shape index (κ1) is 8.52. The Morgan fingerprint density at radius 1 is 1.50 bits per heavy atom. The molecule has 2 fully saturated rings. The molecule has 0 aromatic carbocycles. The topological polar surface area (TPSA) is 38.0 Å². The minimum absolute atomic E-state index is 0.213. The predicted octanol–water partition coefficient (Wildman–Crippen LogP) is 1.26. The van der Waals surface area contributed by atoms with Gasteiger partial charge in [-0.2, -0.15) is 0 Å². The van der Waals surface area contributed by atoms with E-state index in [4.69, 9.17) is 5.73 Å². The van der Waals surface area contributed by atoms with Crippen LogP contribution in [0.2, 0.25) is 0 Å². The predicted molar refractivity (Wildman–Crippen MR) is 51.0 cm³/mol. The van der Waals surface area contributed by atoms with Gasteiger partial charge in [-0.25, -0.2) is 0 Å². The number of hydrogen-bond donors (Lipinski definition) is 2. The molecule has 0 aromatic rings. The number of nitrogens with two attached hydrogens (primary N) is 1. The Hall–Kier alpha value is -0.0800. The van der Waals surface area contributed by atoms with Crippen molar-refractivity contribution in [2.24, 2.45) is 11.7 Å². The standard InChI is InChI=1S/C10H20N2/c1-8-7-9(8)12-6-5-10(11)3-2-4-10/h8-9,12H,2-7,11H2,1H3. The molecule has 2 atom stereocenters. The molecule has 2 nitrogen and oxygen atoms in total. The highest BCUT2D eigenvalue weighted by atomic mass is 15.0. The number of hydrogen-bond acceptors (Lipinski definition) is 2. The third-order valence-corrected chi connectivity index (χ3v) is 3.49. The SMILES string of the molecule is CC1CC1NCCC1(N)CCC1. The smallest absolute Gasteiger partial charge is 0.0166 e. The first-order valence-corrected chi connectivity index (χ1v) is 5.22. The normalized spacial score (nSPS) is 37.5. The fourth-order valence-electron chi connectivity index (χ4n) is 1.99. The Kier molecular flexibility index (Phi) is 2.13. The van der Waals surface area contributed by atoms with Crippen LogP contribution in [0.15, 0.2) is 0 Å². The van der Waals surface area contributed by atoms with Crippen LogP contribution in [0.5, 0.6) is 0 Å². The second-order valence-corrected chi connectivity index (χ2v) is 4.74. The summed E-state index contributed by atoms with van der Waals surface area (Å²) in [6.07, 6.45) is 6.38. The van der Waals surface area contributed by atoms with Crippen molar-refractivity contribution in [3.05, 3.63) is 0 Å². The van der Waals surface area contributed by atoms with Crippen LogP contribution in [0.1, 0.15) is 39.0 Å². The van der Waals surface area contributed by atoms with Crippen molar-refractivity contribution in [2.45, 2.75) is 50.6 Å². The summed E-state index contributed by atoms with van der Waals surface area (Å²) in [5.41, 5.74) is 6.32. The second kappa shape index (κ2) is 3.00. The van der Waals surface area contributed by atoms with Crippen molar-refractivity contribution in [1.29, 1.82) is 0 Å². The van der Waals surface area contributed by atoms with E-state index >= 15 is 0 Å². The molecule has 2 unspecified atom stereocenters. The van der Waals surface area contributed by atoms with Gasteiger partial charge in [0.05, 0.1) is 0 Å². The molecule has 2 rings (SSSR count). The fourth-order valence-corrected chi connectivity index (χ4v) is 1.99. The van der Waals surface area contributed by atoms with Gasteiger partial charge in [-0.05, 0) is 44.6 Å². The molecule has 2 aliphatic rings. The highest BCUT2D eigenvalue weighted by molar-refractivity contribution is 4.95. The van der Waals surface area contributed by atoms with E-state index in [1.807, 2.05) is 0 Å². The molecule has 0 bridgehead atoms. The molecule has 0 radical (unpaired) electrons. The number of rotatable bonds is 4. The summed E-state index contributed by atoms with van der Waals surface area (Å²) in [5, 5.41) is 3.55. The Morgan fingerprint density at radius 3 is 2.58 bits per heavy atom. The molecule has 3 N–H and O–H groups in total. The van der Waals surface area contributed by atoms with Gasteiger partial charge in [-0.15, -0.1) is 0 Å². The van der Waals surface area contributed by atoms with Crippen LogP contribution < -0.4 is 11.1 Å². The van der Waals surface area contributed by atoms with Gasteiger partial charge in [0, 0.05) is 11.6 Å². The van der Waals surface area contributed by atoms with Crippen molar-refractivity contribution in [1.82, 2.24) is 5.32 Å². The summed E-state index contributed by atoms with van der Waals surface area (Å²) >= 11 is 0. The minimum Gasteiger partial charge on any atom is -0.325 e. The Labute approximate surface area is 74.9 Å². The molecule has 0 amide bonds.